The van der Waals surface area contributed by atoms with Gasteiger partial charge in [-0.2, -0.15) is 0 Å². The van der Waals surface area contributed by atoms with Gasteiger partial charge in [0.25, 0.3) is 5.69 Å². The normalized spacial score (nSPS) is 17.1. The van der Waals surface area contributed by atoms with Crippen LogP contribution in [0.4, 0.5) is 5.69 Å². The van der Waals surface area contributed by atoms with E-state index < -0.39 is 0 Å². The highest BCUT2D eigenvalue weighted by atomic mass is 79.9. The van der Waals surface area contributed by atoms with Gasteiger partial charge in [0, 0.05) is 28.7 Å². The van der Waals surface area contributed by atoms with E-state index in [9.17, 15) is 10.1 Å². The summed E-state index contributed by atoms with van der Waals surface area (Å²) in [6.45, 7) is 0.570. The molecule has 0 aliphatic heterocycles. The zero-order chi connectivity index (χ0) is 13.7. The molecule has 0 heterocycles. The van der Waals surface area contributed by atoms with Gasteiger partial charge < -0.3 is 5.32 Å². The average Bonchev–Trinajstić information content (AvgIpc) is 2.64. The van der Waals surface area contributed by atoms with Gasteiger partial charge in [-0.25, -0.2) is 0 Å². The Kier molecular flexibility index (Phi) is 5.34. The fourth-order valence-electron chi connectivity index (χ4n) is 2.61. The summed E-state index contributed by atoms with van der Waals surface area (Å²) in [7, 11) is 0. The fourth-order valence-corrected chi connectivity index (χ4v) is 3.02. The molecule has 104 valence electrons. The van der Waals surface area contributed by atoms with Gasteiger partial charge in [0.05, 0.1) is 4.92 Å². The summed E-state index contributed by atoms with van der Waals surface area (Å²) in [6.07, 6.45) is 7.52. The zero-order valence-electron chi connectivity index (χ0n) is 10.9. The van der Waals surface area contributed by atoms with Crippen molar-refractivity contribution in [2.24, 2.45) is 0 Å². The Labute approximate surface area is 121 Å². The van der Waals surface area contributed by atoms with E-state index in [4.69, 9.17) is 0 Å². The molecule has 1 N–H and O–H groups in total. The maximum absolute atomic E-state index is 11.0. The molecule has 2 rings (SSSR count). The first kappa shape index (κ1) is 14.5. The standard InChI is InChI=1S/C14H19BrN2O2/c15-12-7-8-14(17(18)19)11(9-12)10-16-13-5-3-1-2-4-6-13/h7-9,13,16H,1-6,10H2. The Bertz CT molecular complexity index is 443. The van der Waals surface area contributed by atoms with Gasteiger partial charge in [0.2, 0.25) is 0 Å². The molecule has 1 saturated carbocycles. The first-order valence-electron chi connectivity index (χ1n) is 6.83. The van der Waals surface area contributed by atoms with Crippen molar-refractivity contribution in [1.29, 1.82) is 0 Å². The number of nitro groups is 1. The van der Waals surface area contributed by atoms with Crippen molar-refractivity contribution in [3.63, 3.8) is 0 Å². The molecular formula is C14H19BrN2O2. The molecule has 0 saturated heterocycles. The number of benzene rings is 1. The maximum Gasteiger partial charge on any atom is 0.273 e. The first-order chi connectivity index (χ1) is 9.16. The van der Waals surface area contributed by atoms with E-state index in [2.05, 4.69) is 21.2 Å². The van der Waals surface area contributed by atoms with Crippen LogP contribution >= 0.6 is 15.9 Å². The Morgan fingerprint density at radius 1 is 1.26 bits per heavy atom. The molecule has 1 aliphatic rings. The van der Waals surface area contributed by atoms with E-state index in [-0.39, 0.29) is 10.6 Å². The molecule has 19 heavy (non-hydrogen) atoms. The van der Waals surface area contributed by atoms with Gasteiger partial charge in [0.1, 0.15) is 0 Å². The van der Waals surface area contributed by atoms with Crippen LogP contribution in [0.15, 0.2) is 22.7 Å². The lowest BCUT2D eigenvalue weighted by molar-refractivity contribution is -0.385. The number of nitro benzene ring substituents is 1. The van der Waals surface area contributed by atoms with Crippen LogP contribution in [0.3, 0.4) is 0 Å². The van der Waals surface area contributed by atoms with Crippen LogP contribution in [0.2, 0.25) is 0 Å². The molecule has 0 aromatic heterocycles. The van der Waals surface area contributed by atoms with Crippen LogP contribution in [-0.2, 0) is 6.54 Å². The topological polar surface area (TPSA) is 55.2 Å². The molecular weight excluding hydrogens is 308 g/mol. The van der Waals surface area contributed by atoms with Crippen LogP contribution in [0.5, 0.6) is 0 Å². The van der Waals surface area contributed by atoms with Crippen molar-refractivity contribution in [2.45, 2.75) is 51.1 Å². The Morgan fingerprint density at radius 2 is 1.95 bits per heavy atom. The van der Waals surface area contributed by atoms with Crippen LogP contribution in [0, 0.1) is 10.1 Å². The van der Waals surface area contributed by atoms with E-state index in [1.165, 1.54) is 38.5 Å². The zero-order valence-corrected chi connectivity index (χ0v) is 12.5. The number of halogens is 1. The number of nitrogens with one attached hydrogen (secondary N) is 1. The minimum atomic E-state index is -0.309. The predicted molar refractivity (Wildman–Crippen MR) is 79.1 cm³/mol. The van der Waals surface area contributed by atoms with E-state index in [1.54, 1.807) is 12.1 Å². The summed E-state index contributed by atoms with van der Waals surface area (Å²) < 4.78 is 0.885. The SMILES string of the molecule is O=[N+]([O-])c1ccc(Br)cc1CNC1CCCCCC1. The third-order valence-electron chi connectivity index (χ3n) is 3.67. The molecule has 0 atom stereocenters. The highest BCUT2D eigenvalue weighted by Gasteiger charge is 2.16. The van der Waals surface area contributed by atoms with Crippen molar-refractivity contribution >= 4 is 21.6 Å². The van der Waals surface area contributed by atoms with Crippen molar-refractivity contribution < 1.29 is 4.92 Å². The molecule has 0 spiro atoms. The smallest absolute Gasteiger partial charge is 0.273 e. The minimum absolute atomic E-state index is 0.198. The lowest BCUT2D eigenvalue weighted by Crippen LogP contribution is -2.28. The maximum atomic E-state index is 11.0. The summed E-state index contributed by atoms with van der Waals surface area (Å²) >= 11 is 3.37. The first-order valence-corrected chi connectivity index (χ1v) is 7.62. The second-order valence-corrected chi connectivity index (χ2v) is 6.02. The van der Waals surface area contributed by atoms with Gasteiger partial charge in [-0.1, -0.05) is 41.6 Å². The molecule has 1 fully saturated rings. The summed E-state index contributed by atoms with van der Waals surface area (Å²) in [5, 5.41) is 14.5. The molecule has 1 aromatic rings. The number of hydrogen-bond acceptors (Lipinski definition) is 3. The monoisotopic (exact) mass is 326 g/mol. The van der Waals surface area contributed by atoms with Gasteiger partial charge in [-0.3, -0.25) is 10.1 Å². The van der Waals surface area contributed by atoms with E-state index in [0.29, 0.717) is 12.6 Å². The summed E-state index contributed by atoms with van der Waals surface area (Å²) in [5.74, 6) is 0. The number of rotatable bonds is 4. The van der Waals surface area contributed by atoms with Gasteiger partial charge in [0.15, 0.2) is 0 Å². The molecule has 1 aliphatic carbocycles. The Balaban J connectivity index is 2.01. The van der Waals surface area contributed by atoms with E-state index >= 15 is 0 Å². The minimum Gasteiger partial charge on any atom is -0.310 e. The van der Waals surface area contributed by atoms with E-state index in [1.807, 2.05) is 6.07 Å². The molecule has 1 aromatic carbocycles. The summed E-state index contributed by atoms with van der Waals surface area (Å²) in [4.78, 5) is 10.7. The molecule has 0 radical (unpaired) electrons. The second-order valence-electron chi connectivity index (χ2n) is 5.10. The number of nitrogens with zero attached hydrogens (tertiary/aromatic N) is 1. The van der Waals surface area contributed by atoms with Crippen LogP contribution in [-0.4, -0.2) is 11.0 Å². The molecule has 0 amide bonds. The van der Waals surface area contributed by atoms with Crippen LogP contribution in [0.1, 0.15) is 44.1 Å². The quantitative estimate of drug-likeness (QED) is 0.513. The molecule has 5 heteroatoms. The van der Waals surface area contributed by atoms with Crippen LogP contribution < -0.4 is 5.32 Å². The third-order valence-corrected chi connectivity index (χ3v) is 4.17. The number of hydrogen-bond donors (Lipinski definition) is 1. The van der Waals surface area contributed by atoms with Crippen molar-refractivity contribution in [3.8, 4) is 0 Å². The molecule has 4 nitrogen and oxygen atoms in total. The molecule has 0 unspecified atom stereocenters. The highest BCUT2D eigenvalue weighted by Crippen LogP contribution is 2.24. The van der Waals surface area contributed by atoms with Crippen molar-refractivity contribution in [1.82, 2.24) is 5.32 Å². The summed E-state index contributed by atoms with van der Waals surface area (Å²) in [6, 6.07) is 5.62. The Hall–Kier alpha value is -0.940. The van der Waals surface area contributed by atoms with Gasteiger partial charge in [-0.05, 0) is 25.0 Å². The highest BCUT2D eigenvalue weighted by molar-refractivity contribution is 9.10. The Morgan fingerprint density at radius 3 is 2.58 bits per heavy atom. The van der Waals surface area contributed by atoms with Gasteiger partial charge >= 0.3 is 0 Å². The molecule has 0 bridgehead atoms. The summed E-state index contributed by atoms with van der Waals surface area (Å²) in [5.41, 5.74) is 0.952. The van der Waals surface area contributed by atoms with E-state index in [0.717, 1.165) is 10.0 Å². The van der Waals surface area contributed by atoms with Crippen LogP contribution in [0.25, 0.3) is 0 Å². The lowest BCUT2D eigenvalue weighted by Gasteiger charge is -2.16. The second kappa shape index (κ2) is 7.01. The third kappa shape index (κ3) is 4.28. The van der Waals surface area contributed by atoms with Gasteiger partial charge in [-0.15, -0.1) is 0 Å². The van der Waals surface area contributed by atoms with Crippen molar-refractivity contribution in [2.75, 3.05) is 0 Å². The average molecular weight is 327 g/mol. The predicted octanol–water partition coefficient (Wildman–Crippen LogP) is 4.17. The largest absolute Gasteiger partial charge is 0.310 e. The fraction of sp³-hybridized carbons (Fsp3) is 0.571. The lowest BCUT2D eigenvalue weighted by atomic mass is 10.1. The van der Waals surface area contributed by atoms with Crippen molar-refractivity contribution in [3.05, 3.63) is 38.3 Å².